The molecule has 1 N–H and O–H groups in total. The molecule has 0 amide bonds. The molecule has 0 aliphatic carbocycles. The van der Waals surface area contributed by atoms with E-state index in [-0.39, 0.29) is 21.1 Å². The minimum Gasteiger partial charge on any atom is -0.490 e. The first-order valence-corrected chi connectivity index (χ1v) is 12.3. The Balaban J connectivity index is 1.50. The van der Waals surface area contributed by atoms with E-state index in [1.54, 1.807) is 24.3 Å². The van der Waals surface area contributed by atoms with E-state index in [1.165, 1.54) is 31.4 Å². The van der Waals surface area contributed by atoms with Gasteiger partial charge in [-0.1, -0.05) is 42.8 Å². The average molecular weight is 454 g/mol. The third-order valence-corrected chi connectivity index (χ3v) is 7.73. The fourth-order valence-electron chi connectivity index (χ4n) is 4.35. The van der Waals surface area contributed by atoms with E-state index in [1.807, 2.05) is 18.2 Å². The van der Waals surface area contributed by atoms with Crippen LogP contribution in [0, 0.1) is 5.82 Å². The Kier molecular flexibility index (Phi) is 5.57. The van der Waals surface area contributed by atoms with Gasteiger partial charge in [0.1, 0.15) is 23.7 Å². The number of piperidine rings is 1. The summed E-state index contributed by atoms with van der Waals surface area (Å²) in [6, 6.07) is 14.8. The molecular weight excluding hydrogens is 429 g/mol. The second kappa shape index (κ2) is 8.52. The monoisotopic (exact) mass is 453 g/mol. The first-order chi connectivity index (χ1) is 15.5. The number of nitrogens with zero attached hydrogens (tertiary/aromatic N) is 2. The second-order valence-electron chi connectivity index (χ2n) is 8.09. The number of hydrogen-bond acceptors (Lipinski definition) is 5. The van der Waals surface area contributed by atoms with Crippen LogP contribution in [0.4, 0.5) is 4.39 Å². The summed E-state index contributed by atoms with van der Waals surface area (Å²) in [5, 5.41) is 8.23. The Morgan fingerprint density at radius 1 is 1.00 bits per heavy atom. The van der Waals surface area contributed by atoms with E-state index < -0.39 is 15.7 Å². The van der Waals surface area contributed by atoms with Crippen LogP contribution in [-0.2, 0) is 9.84 Å². The molecule has 0 unspecified atom stereocenters. The summed E-state index contributed by atoms with van der Waals surface area (Å²) in [5.41, 5.74) is 0.379. The van der Waals surface area contributed by atoms with E-state index in [0.29, 0.717) is 17.5 Å². The third kappa shape index (κ3) is 3.84. The molecule has 1 saturated heterocycles. The zero-order chi connectivity index (χ0) is 22.1. The summed E-state index contributed by atoms with van der Waals surface area (Å²) in [6.07, 6.45) is 3.62. The lowest BCUT2D eigenvalue weighted by atomic mass is 10.1. The zero-order valence-electron chi connectivity index (χ0n) is 17.6. The van der Waals surface area contributed by atoms with Gasteiger partial charge in [-0.15, -0.1) is 0 Å². The molecule has 5 rings (SSSR count). The van der Waals surface area contributed by atoms with Gasteiger partial charge in [-0.25, -0.2) is 12.8 Å². The van der Waals surface area contributed by atoms with Crippen LogP contribution in [0.1, 0.15) is 19.3 Å². The van der Waals surface area contributed by atoms with Gasteiger partial charge >= 0.3 is 0 Å². The summed E-state index contributed by atoms with van der Waals surface area (Å²) in [5.74, 6) is -0.301. The number of sulfone groups is 1. The highest BCUT2D eigenvalue weighted by atomic mass is 32.2. The average Bonchev–Trinajstić information content (AvgIpc) is 3.24. The summed E-state index contributed by atoms with van der Waals surface area (Å²) < 4.78 is 47.3. The van der Waals surface area contributed by atoms with Crippen LogP contribution in [0.5, 0.6) is 5.75 Å². The van der Waals surface area contributed by atoms with Gasteiger partial charge in [0.05, 0.1) is 4.90 Å². The highest BCUT2D eigenvalue weighted by Crippen LogP contribution is 2.34. The molecule has 1 fully saturated rings. The predicted molar refractivity (Wildman–Crippen MR) is 121 cm³/mol. The molecule has 0 bridgehead atoms. The molecular formula is C24H24FN3O3S. The lowest BCUT2D eigenvalue weighted by molar-refractivity contribution is 0.184. The standard InChI is InChI=1S/C24H24FN3O3S/c25-18-15-20-23(21(16-18)31-14-13-28-11-4-1-5-12-28)26-27-24(20)32(29,30)22-10-6-8-17-7-2-3-9-19(17)22/h2-3,6-10,15-16H,1,4-5,11-14H2,(H,26,27). The maximum Gasteiger partial charge on any atom is 0.226 e. The molecule has 0 radical (unpaired) electrons. The lowest BCUT2D eigenvalue weighted by Crippen LogP contribution is -2.33. The topological polar surface area (TPSA) is 75.3 Å². The van der Waals surface area contributed by atoms with Crippen LogP contribution in [-0.4, -0.2) is 49.8 Å². The predicted octanol–water partition coefficient (Wildman–Crippen LogP) is 4.55. The normalized spacial score (nSPS) is 15.4. The van der Waals surface area contributed by atoms with Crippen molar-refractivity contribution in [3.63, 3.8) is 0 Å². The van der Waals surface area contributed by atoms with Gasteiger partial charge < -0.3 is 4.74 Å². The van der Waals surface area contributed by atoms with E-state index in [0.717, 1.165) is 25.0 Å². The molecule has 0 spiro atoms. The minimum absolute atomic E-state index is 0.140. The highest BCUT2D eigenvalue weighted by molar-refractivity contribution is 7.91. The third-order valence-electron chi connectivity index (χ3n) is 5.97. The van der Waals surface area contributed by atoms with Crippen LogP contribution in [0.25, 0.3) is 21.7 Å². The van der Waals surface area contributed by atoms with Crippen molar-refractivity contribution in [2.75, 3.05) is 26.2 Å². The van der Waals surface area contributed by atoms with Gasteiger partial charge in [0.2, 0.25) is 9.84 Å². The highest BCUT2D eigenvalue weighted by Gasteiger charge is 2.27. The first kappa shape index (κ1) is 20.9. The molecule has 1 aliphatic heterocycles. The van der Waals surface area contributed by atoms with E-state index in [2.05, 4.69) is 15.1 Å². The van der Waals surface area contributed by atoms with Gasteiger partial charge in [-0.3, -0.25) is 10.00 Å². The van der Waals surface area contributed by atoms with E-state index in [4.69, 9.17) is 4.74 Å². The Hall–Kier alpha value is -2.97. The molecule has 166 valence electrons. The SMILES string of the molecule is O=S(=O)(c1cccc2ccccc12)c1n[nH]c2c(OCCN3CCCCC3)cc(F)cc12. The molecule has 3 aromatic carbocycles. The first-order valence-electron chi connectivity index (χ1n) is 10.8. The van der Waals surface area contributed by atoms with Crippen molar-refractivity contribution in [2.45, 2.75) is 29.2 Å². The smallest absolute Gasteiger partial charge is 0.226 e. The van der Waals surface area contributed by atoms with Crippen molar-refractivity contribution >= 4 is 31.5 Å². The van der Waals surface area contributed by atoms with Crippen LogP contribution in [0.3, 0.4) is 0 Å². The van der Waals surface area contributed by atoms with Crippen molar-refractivity contribution in [1.29, 1.82) is 0 Å². The molecule has 1 aromatic heterocycles. The largest absolute Gasteiger partial charge is 0.490 e. The number of aromatic amines is 1. The van der Waals surface area contributed by atoms with E-state index in [9.17, 15) is 12.8 Å². The number of nitrogens with one attached hydrogen (secondary N) is 1. The van der Waals surface area contributed by atoms with Gasteiger partial charge in [-0.2, -0.15) is 5.10 Å². The number of fused-ring (bicyclic) bond motifs is 2. The van der Waals surface area contributed by atoms with Gasteiger partial charge in [0.15, 0.2) is 5.03 Å². The minimum atomic E-state index is -3.99. The maximum atomic E-state index is 14.5. The van der Waals surface area contributed by atoms with Gasteiger partial charge in [0, 0.05) is 23.4 Å². The van der Waals surface area contributed by atoms with Crippen LogP contribution in [0.15, 0.2) is 64.5 Å². The molecule has 0 atom stereocenters. The fourth-order valence-corrected chi connectivity index (χ4v) is 5.91. The van der Waals surface area contributed by atoms with Crippen LogP contribution < -0.4 is 4.74 Å². The van der Waals surface area contributed by atoms with Gasteiger partial charge in [0.25, 0.3) is 0 Å². The molecule has 6 nitrogen and oxygen atoms in total. The van der Waals surface area contributed by atoms with Crippen molar-refractivity contribution in [3.05, 3.63) is 60.4 Å². The van der Waals surface area contributed by atoms with Crippen LogP contribution >= 0.6 is 0 Å². The number of aromatic nitrogens is 2. The lowest BCUT2D eigenvalue weighted by Gasteiger charge is -2.26. The van der Waals surface area contributed by atoms with Crippen molar-refractivity contribution in [3.8, 4) is 5.75 Å². The summed E-state index contributed by atoms with van der Waals surface area (Å²) >= 11 is 0. The number of benzene rings is 3. The number of hydrogen-bond donors (Lipinski definition) is 1. The Morgan fingerprint density at radius 3 is 2.62 bits per heavy atom. The molecule has 0 saturated carbocycles. The van der Waals surface area contributed by atoms with Crippen molar-refractivity contribution < 1.29 is 17.5 Å². The number of ether oxygens (including phenoxy) is 1. The molecule has 8 heteroatoms. The number of rotatable bonds is 6. The molecule has 32 heavy (non-hydrogen) atoms. The fraction of sp³-hybridized carbons (Fsp3) is 0.292. The quantitative estimate of drug-likeness (QED) is 0.464. The van der Waals surface area contributed by atoms with Crippen LogP contribution in [0.2, 0.25) is 0 Å². The summed E-state index contributed by atoms with van der Waals surface area (Å²) in [6.45, 7) is 3.22. The Morgan fingerprint density at radius 2 is 1.78 bits per heavy atom. The maximum absolute atomic E-state index is 14.5. The number of likely N-dealkylation sites (tertiary alicyclic amines) is 1. The Labute approximate surface area is 185 Å². The molecule has 2 heterocycles. The summed E-state index contributed by atoms with van der Waals surface area (Å²) in [7, 11) is -3.99. The van der Waals surface area contributed by atoms with Gasteiger partial charge in [-0.05, 0) is 43.5 Å². The van der Waals surface area contributed by atoms with Crippen molar-refractivity contribution in [1.82, 2.24) is 15.1 Å². The number of halogens is 1. The zero-order valence-corrected chi connectivity index (χ0v) is 18.4. The molecule has 4 aromatic rings. The van der Waals surface area contributed by atoms with E-state index >= 15 is 0 Å². The summed E-state index contributed by atoms with van der Waals surface area (Å²) in [4.78, 5) is 2.46. The second-order valence-corrected chi connectivity index (χ2v) is 9.92. The number of H-pyrrole nitrogens is 1. The molecule has 1 aliphatic rings. The Bertz CT molecular complexity index is 1370. The van der Waals surface area contributed by atoms with Crippen molar-refractivity contribution in [2.24, 2.45) is 0 Å².